The van der Waals surface area contributed by atoms with Crippen LogP contribution in [0.4, 0.5) is 5.69 Å². The fourth-order valence-corrected chi connectivity index (χ4v) is 2.81. The van der Waals surface area contributed by atoms with Crippen molar-refractivity contribution in [3.05, 3.63) is 29.8 Å². The summed E-state index contributed by atoms with van der Waals surface area (Å²) in [4.78, 5) is 16.7. The minimum atomic E-state index is 0.189. The highest BCUT2D eigenvalue weighted by Crippen LogP contribution is 2.21. The number of anilines is 1. The van der Waals surface area contributed by atoms with Crippen LogP contribution in [-0.2, 0) is 0 Å². The van der Waals surface area contributed by atoms with Crippen LogP contribution in [0.15, 0.2) is 24.3 Å². The standard InChI is InChI=1S/C17H26N2O/c1-4-14-7-6-12-19(13-14)17(20)15-8-10-16(11-9-15)18(3)5-2/h8-11,14H,4-7,12-13H2,1-3H3. The van der Waals surface area contributed by atoms with Crippen LogP contribution in [0.2, 0.25) is 0 Å². The van der Waals surface area contributed by atoms with Crippen molar-refractivity contribution in [1.29, 1.82) is 0 Å². The fraction of sp³-hybridized carbons (Fsp3) is 0.588. The van der Waals surface area contributed by atoms with Crippen LogP contribution in [-0.4, -0.2) is 37.5 Å². The van der Waals surface area contributed by atoms with Crippen molar-refractivity contribution < 1.29 is 4.79 Å². The predicted octanol–water partition coefficient (Wildman–Crippen LogP) is 3.40. The molecule has 1 amide bonds. The quantitative estimate of drug-likeness (QED) is 0.840. The molecule has 20 heavy (non-hydrogen) atoms. The molecule has 1 heterocycles. The summed E-state index contributed by atoms with van der Waals surface area (Å²) >= 11 is 0. The number of hydrogen-bond donors (Lipinski definition) is 0. The molecule has 110 valence electrons. The third-order valence-electron chi connectivity index (χ3n) is 4.41. The molecule has 0 saturated carbocycles. The Bertz CT molecular complexity index is 441. The molecule has 0 aliphatic carbocycles. The molecule has 1 unspecified atom stereocenters. The van der Waals surface area contributed by atoms with Gasteiger partial charge >= 0.3 is 0 Å². The molecule has 0 bridgehead atoms. The van der Waals surface area contributed by atoms with E-state index in [-0.39, 0.29) is 5.91 Å². The monoisotopic (exact) mass is 274 g/mol. The van der Waals surface area contributed by atoms with E-state index in [2.05, 4.69) is 25.8 Å². The molecule has 3 heteroatoms. The summed E-state index contributed by atoms with van der Waals surface area (Å²) < 4.78 is 0. The van der Waals surface area contributed by atoms with Crippen molar-refractivity contribution in [3.8, 4) is 0 Å². The van der Waals surface area contributed by atoms with Crippen molar-refractivity contribution in [2.45, 2.75) is 33.1 Å². The molecular weight excluding hydrogens is 248 g/mol. The molecular formula is C17H26N2O. The minimum Gasteiger partial charge on any atom is -0.375 e. The second-order valence-electron chi connectivity index (χ2n) is 5.73. The first-order valence-corrected chi connectivity index (χ1v) is 7.76. The van der Waals surface area contributed by atoms with Crippen molar-refractivity contribution in [2.75, 3.05) is 31.6 Å². The van der Waals surface area contributed by atoms with Gasteiger partial charge in [-0.05, 0) is 49.9 Å². The molecule has 1 atom stereocenters. The Morgan fingerprint density at radius 2 is 2.00 bits per heavy atom. The van der Waals surface area contributed by atoms with Crippen LogP contribution in [0.5, 0.6) is 0 Å². The van der Waals surface area contributed by atoms with E-state index in [0.717, 1.165) is 37.3 Å². The van der Waals surface area contributed by atoms with E-state index in [0.29, 0.717) is 5.92 Å². The number of likely N-dealkylation sites (tertiary alicyclic amines) is 1. The van der Waals surface area contributed by atoms with Crippen LogP contribution in [0.3, 0.4) is 0 Å². The number of hydrogen-bond acceptors (Lipinski definition) is 2. The highest BCUT2D eigenvalue weighted by Gasteiger charge is 2.23. The van der Waals surface area contributed by atoms with E-state index >= 15 is 0 Å². The van der Waals surface area contributed by atoms with Crippen LogP contribution in [0.1, 0.15) is 43.5 Å². The van der Waals surface area contributed by atoms with Gasteiger partial charge in [0.05, 0.1) is 0 Å². The fourth-order valence-electron chi connectivity index (χ4n) is 2.81. The maximum absolute atomic E-state index is 12.5. The average Bonchev–Trinajstić information content (AvgIpc) is 2.53. The number of amides is 1. The normalized spacial score (nSPS) is 18.9. The van der Waals surface area contributed by atoms with Gasteiger partial charge < -0.3 is 9.80 Å². The van der Waals surface area contributed by atoms with Gasteiger partial charge in [0.2, 0.25) is 0 Å². The summed E-state index contributed by atoms with van der Waals surface area (Å²) in [7, 11) is 2.06. The van der Waals surface area contributed by atoms with E-state index in [4.69, 9.17) is 0 Å². The second-order valence-corrected chi connectivity index (χ2v) is 5.73. The Morgan fingerprint density at radius 1 is 1.30 bits per heavy atom. The van der Waals surface area contributed by atoms with Gasteiger partial charge in [0.1, 0.15) is 0 Å². The summed E-state index contributed by atoms with van der Waals surface area (Å²) in [6, 6.07) is 7.99. The molecule has 1 fully saturated rings. The molecule has 0 N–H and O–H groups in total. The van der Waals surface area contributed by atoms with Gasteiger partial charge in [-0.2, -0.15) is 0 Å². The Hall–Kier alpha value is -1.51. The topological polar surface area (TPSA) is 23.6 Å². The maximum Gasteiger partial charge on any atom is 0.253 e. The van der Waals surface area contributed by atoms with Crippen LogP contribution < -0.4 is 4.90 Å². The largest absolute Gasteiger partial charge is 0.375 e. The minimum absolute atomic E-state index is 0.189. The third kappa shape index (κ3) is 3.33. The molecule has 1 saturated heterocycles. The molecule has 1 aliphatic heterocycles. The van der Waals surface area contributed by atoms with Gasteiger partial charge in [-0.1, -0.05) is 13.3 Å². The number of nitrogens with zero attached hydrogens (tertiary/aromatic N) is 2. The van der Waals surface area contributed by atoms with Gasteiger partial charge in [-0.25, -0.2) is 0 Å². The van der Waals surface area contributed by atoms with E-state index in [1.54, 1.807) is 0 Å². The summed E-state index contributed by atoms with van der Waals surface area (Å²) in [5.41, 5.74) is 1.98. The lowest BCUT2D eigenvalue weighted by atomic mass is 9.95. The summed E-state index contributed by atoms with van der Waals surface area (Å²) in [6.45, 7) is 7.14. The first kappa shape index (κ1) is 14.9. The van der Waals surface area contributed by atoms with Crippen molar-refractivity contribution in [2.24, 2.45) is 5.92 Å². The van der Waals surface area contributed by atoms with Crippen molar-refractivity contribution in [1.82, 2.24) is 4.90 Å². The summed E-state index contributed by atoms with van der Waals surface area (Å²) in [6.07, 6.45) is 3.57. The number of carbonyl (C=O) groups excluding carboxylic acids is 1. The van der Waals surface area contributed by atoms with Gasteiger partial charge in [0, 0.05) is 37.9 Å². The first-order valence-electron chi connectivity index (χ1n) is 7.76. The Kier molecular flexibility index (Phi) is 5.05. The molecule has 1 aromatic carbocycles. The van der Waals surface area contributed by atoms with Crippen LogP contribution >= 0.6 is 0 Å². The highest BCUT2D eigenvalue weighted by atomic mass is 16.2. The zero-order chi connectivity index (χ0) is 14.5. The molecule has 0 aromatic heterocycles. The number of carbonyl (C=O) groups is 1. The molecule has 1 aromatic rings. The van der Waals surface area contributed by atoms with Gasteiger partial charge in [-0.15, -0.1) is 0 Å². The van der Waals surface area contributed by atoms with E-state index in [9.17, 15) is 4.79 Å². The van der Waals surface area contributed by atoms with E-state index < -0.39 is 0 Å². The van der Waals surface area contributed by atoms with E-state index in [1.807, 2.05) is 29.2 Å². The molecule has 0 radical (unpaired) electrons. The Morgan fingerprint density at radius 3 is 2.60 bits per heavy atom. The summed E-state index contributed by atoms with van der Waals surface area (Å²) in [5, 5.41) is 0. The Labute approximate surface area is 122 Å². The average molecular weight is 274 g/mol. The number of benzene rings is 1. The van der Waals surface area contributed by atoms with Crippen LogP contribution in [0, 0.1) is 5.92 Å². The summed E-state index contributed by atoms with van der Waals surface area (Å²) in [5.74, 6) is 0.868. The van der Waals surface area contributed by atoms with E-state index in [1.165, 1.54) is 12.8 Å². The Balaban J connectivity index is 2.05. The first-order chi connectivity index (χ1) is 9.65. The van der Waals surface area contributed by atoms with Crippen molar-refractivity contribution in [3.63, 3.8) is 0 Å². The second kappa shape index (κ2) is 6.78. The predicted molar refractivity (Wildman–Crippen MR) is 84.3 cm³/mol. The molecule has 0 spiro atoms. The van der Waals surface area contributed by atoms with Crippen molar-refractivity contribution >= 4 is 11.6 Å². The molecule has 3 nitrogen and oxygen atoms in total. The smallest absolute Gasteiger partial charge is 0.253 e. The molecule has 2 rings (SSSR count). The lowest BCUT2D eigenvalue weighted by molar-refractivity contribution is 0.0671. The lowest BCUT2D eigenvalue weighted by Gasteiger charge is -2.32. The van der Waals surface area contributed by atoms with Gasteiger partial charge in [0.25, 0.3) is 5.91 Å². The lowest BCUT2D eigenvalue weighted by Crippen LogP contribution is -2.39. The SMILES string of the molecule is CCC1CCCN(C(=O)c2ccc(N(C)CC)cc2)C1. The highest BCUT2D eigenvalue weighted by molar-refractivity contribution is 5.94. The van der Waals surface area contributed by atoms with Gasteiger partial charge in [-0.3, -0.25) is 4.79 Å². The third-order valence-corrected chi connectivity index (χ3v) is 4.41. The maximum atomic E-state index is 12.5. The number of rotatable bonds is 4. The molecule has 1 aliphatic rings. The van der Waals surface area contributed by atoms with Crippen LogP contribution in [0.25, 0.3) is 0 Å². The number of piperidine rings is 1. The zero-order valence-electron chi connectivity index (χ0n) is 12.9. The van der Waals surface area contributed by atoms with Gasteiger partial charge in [0.15, 0.2) is 0 Å². The zero-order valence-corrected chi connectivity index (χ0v) is 12.9.